The van der Waals surface area contributed by atoms with Crippen LogP contribution in [-0.4, -0.2) is 26.0 Å². The fourth-order valence-electron chi connectivity index (χ4n) is 2.18. The maximum atomic E-state index is 12.6. The number of sulfonamides is 1. The lowest BCUT2D eigenvalue weighted by Gasteiger charge is -2.20. The number of nitrogens with zero attached hydrogens (tertiary/aromatic N) is 1. The van der Waals surface area contributed by atoms with Crippen molar-refractivity contribution in [1.29, 1.82) is 0 Å². The van der Waals surface area contributed by atoms with Crippen LogP contribution >= 0.6 is 0 Å². The lowest BCUT2D eigenvalue weighted by Crippen LogP contribution is -2.43. The summed E-state index contributed by atoms with van der Waals surface area (Å²) in [5.41, 5.74) is 7.12. The van der Waals surface area contributed by atoms with Crippen LogP contribution in [-0.2, 0) is 10.0 Å². The van der Waals surface area contributed by atoms with E-state index in [1.165, 1.54) is 0 Å². The number of rotatable bonds is 5. The summed E-state index contributed by atoms with van der Waals surface area (Å²) in [5, 5.41) is 0.812. The number of nitrogens with two attached hydrogens (primary N) is 1. The van der Waals surface area contributed by atoms with E-state index in [9.17, 15) is 8.42 Å². The van der Waals surface area contributed by atoms with Gasteiger partial charge in [-0.05, 0) is 30.5 Å². The molecule has 1 aromatic carbocycles. The van der Waals surface area contributed by atoms with Gasteiger partial charge in [0.1, 0.15) is 4.90 Å². The zero-order valence-corrected chi connectivity index (χ0v) is 13.3. The largest absolute Gasteiger partial charge is 0.329 e. The third-order valence-corrected chi connectivity index (χ3v) is 4.99. The number of fused-ring (bicyclic) bond motifs is 1. The van der Waals surface area contributed by atoms with Crippen molar-refractivity contribution in [2.45, 2.75) is 31.7 Å². The second-order valence-electron chi connectivity index (χ2n) is 5.55. The standard InChI is InChI=1S/C15H21N3O2S/c1-10(2)13(8-16)18-21(19,20)14-6-4-5-12-7-11(3)9-17-15(12)14/h4-7,9-10,13,18H,8,16H2,1-3H3. The summed E-state index contributed by atoms with van der Waals surface area (Å²) in [6.45, 7) is 6.05. The summed E-state index contributed by atoms with van der Waals surface area (Å²) in [6.07, 6.45) is 1.67. The zero-order chi connectivity index (χ0) is 15.6. The monoisotopic (exact) mass is 307 g/mol. The van der Waals surface area contributed by atoms with Crippen LogP contribution in [0.3, 0.4) is 0 Å². The van der Waals surface area contributed by atoms with Crippen molar-refractivity contribution in [1.82, 2.24) is 9.71 Å². The molecule has 0 aliphatic carbocycles. The lowest BCUT2D eigenvalue weighted by molar-refractivity contribution is 0.455. The first kappa shape index (κ1) is 15.9. The molecule has 1 heterocycles. The van der Waals surface area contributed by atoms with E-state index in [4.69, 9.17) is 5.73 Å². The van der Waals surface area contributed by atoms with Gasteiger partial charge in [-0.15, -0.1) is 0 Å². The lowest BCUT2D eigenvalue weighted by atomic mass is 10.1. The predicted octanol–water partition coefficient (Wildman–Crippen LogP) is 1.80. The fraction of sp³-hybridized carbons (Fsp3) is 0.400. The zero-order valence-electron chi connectivity index (χ0n) is 12.5. The number of aromatic nitrogens is 1. The van der Waals surface area contributed by atoms with Crippen molar-refractivity contribution in [3.63, 3.8) is 0 Å². The van der Waals surface area contributed by atoms with Crippen LogP contribution in [0.4, 0.5) is 0 Å². The van der Waals surface area contributed by atoms with Crippen molar-refractivity contribution in [3.05, 3.63) is 36.0 Å². The fourth-order valence-corrected chi connectivity index (χ4v) is 3.76. The van der Waals surface area contributed by atoms with Crippen LogP contribution in [0.1, 0.15) is 19.4 Å². The Morgan fingerprint density at radius 2 is 2.05 bits per heavy atom. The molecule has 5 nitrogen and oxygen atoms in total. The molecule has 0 aliphatic rings. The summed E-state index contributed by atoms with van der Waals surface area (Å²) in [5.74, 6) is 0.120. The van der Waals surface area contributed by atoms with E-state index in [1.54, 1.807) is 18.3 Å². The van der Waals surface area contributed by atoms with Crippen molar-refractivity contribution < 1.29 is 8.42 Å². The Bertz CT molecular complexity index is 742. The van der Waals surface area contributed by atoms with E-state index in [0.29, 0.717) is 5.52 Å². The van der Waals surface area contributed by atoms with Crippen LogP contribution in [0.5, 0.6) is 0 Å². The Morgan fingerprint density at radius 3 is 2.67 bits per heavy atom. The highest BCUT2D eigenvalue weighted by molar-refractivity contribution is 7.89. The van der Waals surface area contributed by atoms with Crippen LogP contribution in [0.2, 0.25) is 0 Å². The summed E-state index contributed by atoms with van der Waals surface area (Å²) >= 11 is 0. The smallest absolute Gasteiger partial charge is 0.243 e. The average molecular weight is 307 g/mol. The molecule has 0 fully saturated rings. The van der Waals surface area contributed by atoms with E-state index in [1.807, 2.05) is 32.9 Å². The van der Waals surface area contributed by atoms with Gasteiger partial charge in [0.05, 0.1) is 5.52 Å². The summed E-state index contributed by atoms with van der Waals surface area (Å²) in [4.78, 5) is 4.47. The minimum atomic E-state index is -3.65. The third-order valence-electron chi connectivity index (χ3n) is 3.47. The molecule has 0 saturated heterocycles. The average Bonchev–Trinajstić information content (AvgIpc) is 2.43. The highest BCUT2D eigenvalue weighted by Gasteiger charge is 2.23. The molecule has 1 atom stereocenters. The summed E-state index contributed by atoms with van der Waals surface area (Å²) < 4.78 is 27.9. The van der Waals surface area contributed by atoms with Gasteiger partial charge in [-0.1, -0.05) is 26.0 Å². The highest BCUT2D eigenvalue weighted by atomic mass is 32.2. The number of pyridine rings is 1. The van der Waals surface area contributed by atoms with Gasteiger partial charge >= 0.3 is 0 Å². The van der Waals surface area contributed by atoms with Gasteiger partial charge in [0.25, 0.3) is 0 Å². The molecule has 6 heteroatoms. The molecule has 0 saturated carbocycles. The molecular formula is C15H21N3O2S. The highest BCUT2D eigenvalue weighted by Crippen LogP contribution is 2.22. The third kappa shape index (κ3) is 3.40. The Hall–Kier alpha value is -1.50. The first-order valence-corrected chi connectivity index (χ1v) is 8.41. The number of hydrogen-bond acceptors (Lipinski definition) is 4. The topological polar surface area (TPSA) is 85.1 Å². The minimum absolute atomic E-state index is 0.120. The first-order chi connectivity index (χ1) is 9.85. The first-order valence-electron chi connectivity index (χ1n) is 6.93. The maximum absolute atomic E-state index is 12.6. The van der Waals surface area contributed by atoms with Crippen molar-refractivity contribution in [3.8, 4) is 0 Å². The Kier molecular flexibility index (Phi) is 4.61. The number of aryl methyl sites for hydroxylation is 1. The number of benzene rings is 1. The van der Waals surface area contributed by atoms with Gasteiger partial charge in [0.2, 0.25) is 10.0 Å². The maximum Gasteiger partial charge on any atom is 0.243 e. The van der Waals surface area contributed by atoms with E-state index < -0.39 is 10.0 Å². The van der Waals surface area contributed by atoms with Crippen molar-refractivity contribution in [2.75, 3.05) is 6.54 Å². The molecule has 1 aromatic heterocycles. The van der Waals surface area contributed by atoms with Gasteiger partial charge in [-0.25, -0.2) is 13.1 Å². The molecule has 0 aliphatic heterocycles. The number of nitrogens with one attached hydrogen (secondary N) is 1. The molecule has 1 unspecified atom stereocenters. The molecule has 3 N–H and O–H groups in total. The summed E-state index contributed by atoms with van der Waals surface area (Å²) in [6, 6.07) is 6.78. The van der Waals surface area contributed by atoms with E-state index in [-0.39, 0.29) is 23.4 Å². The van der Waals surface area contributed by atoms with Crippen LogP contribution in [0.15, 0.2) is 35.4 Å². The number of hydrogen-bond donors (Lipinski definition) is 2. The van der Waals surface area contributed by atoms with Crippen molar-refractivity contribution in [2.24, 2.45) is 11.7 Å². The minimum Gasteiger partial charge on any atom is -0.329 e. The SMILES string of the molecule is Cc1cnc2c(S(=O)(=O)NC(CN)C(C)C)cccc2c1. The molecule has 0 bridgehead atoms. The Morgan fingerprint density at radius 1 is 1.33 bits per heavy atom. The van der Waals surface area contributed by atoms with E-state index in [2.05, 4.69) is 9.71 Å². The van der Waals surface area contributed by atoms with E-state index >= 15 is 0 Å². The van der Waals surface area contributed by atoms with Gasteiger partial charge in [0.15, 0.2) is 0 Å². The second-order valence-corrected chi connectivity index (χ2v) is 7.23. The molecule has 21 heavy (non-hydrogen) atoms. The Balaban J connectivity index is 2.50. The molecule has 2 aromatic rings. The van der Waals surface area contributed by atoms with E-state index in [0.717, 1.165) is 10.9 Å². The van der Waals surface area contributed by atoms with Gasteiger partial charge in [-0.3, -0.25) is 4.98 Å². The predicted molar refractivity (Wildman–Crippen MR) is 84.5 cm³/mol. The van der Waals surface area contributed by atoms with Crippen LogP contribution in [0, 0.1) is 12.8 Å². The number of para-hydroxylation sites is 1. The van der Waals surface area contributed by atoms with Gasteiger partial charge in [0, 0.05) is 24.2 Å². The Labute approximate surface area is 125 Å². The summed E-state index contributed by atoms with van der Waals surface area (Å²) in [7, 11) is -3.65. The molecular weight excluding hydrogens is 286 g/mol. The second kappa shape index (κ2) is 6.09. The molecule has 0 spiro atoms. The van der Waals surface area contributed by atoms with Gasteiger partial charge < -0.3 is 5.73 Å². The molecule has 2 rings (SSSR count). The van der Waals surface area contributed by atoms with Crippen LogP contribution < -0.4 is 10.5 Å². The molecule has 114 valence electrons. The molecule has 0 amide bonds. The van der Waals surface area contributed by atoms with Crippen molar-refractivity contribution >= 4 is 20.9 Å². The molecule has 0 radical (unpaired) electrons. The van der Waals surface area contributed by atoms with Gasteiger partial charge in [-0.2, -0.15) is 0 Å². The van der Waals surface area contributed by atoms with Crippen LogP contribution in [0.25, 0.3) is 10.9 Å². The normalized spacial score (nSPS) is 13.8. The quantitative estimate of drug-likeness (QED) is 0.882.